The van der Waals surface area contributed by atoms with Gasteiger partial charge in [0.2, 0.25) is 0 Å². The van der Waals surface area contributed by atoms with Crippen molar-refractivity contribution in [2.75, 3.05) is 14.2 Å². The minimum Gasteiger partial charge on any atom is -0.457 e. The molecule has 1 aliphatic heterocycles. The summed E-state index contributed by atoms with van der Waals surface area (Å²) < 4.78 is 34.2. The van der Waals surface area contributed by atoms with Gasteiger partial charge in [0.1, 0.15) is 24.7 Å². The second-order valence-electron chi connectivity index (χ2n) is 14.4. The van der Waals surface area contributed by atoms with Crippen LogP contribution in [0.5, 0.6) is 0 Å². The molecule has 12 nitrogen and oxygen atoms in total. The van der Waals surface area contributed by atoms with Gasteiger partial charge >= 0.3 is 11.9 Å². The Labute approximate surface area is 330 Å². The molecular formula is C44H58N2O10. The Morgan fingerprint density at radius 2 is 1.21 bits per heavy atom. The Hall–Kier alpha value is -4.88. The first-order valence-corrected chi connectivity index (χ1v) is 18.7. The largest absolute Gasteiger partial charge is 0.457 e. The Morgan fingerprint density at radius 1 is 0.696 bits per heavy atom. The highest BCUT2D eigenvalue weighted by molar-refractivity contribution is 5.87. The fourth-order valence-electron chi connectivity index (χ4n) is 5.60. The molecule has 0 saturated heterocycles. The molecule has 0 fully saturated rings. The number of hydrogen-bond acceptors (Lipinski definition) is 12. The Bertz CT molecular complexity index is 1770. The number of nitrogens with zero attached hydrogens (tertiary/aromatic N) is 2. The number of aliphatic hydroxyl groups is 2. The number of fused-ring (bicyclic) bond motifs is 4. The summed E-state index contributed by atoms with van der Waals surface area (Å²) in [6, 6.07) is 0. The fourth-order valence-corrected chi connectivity index (χ4v) is 5.60. The molecule has 6 atom stereocenters. The van der Waals surface area contributed by atoms with Crippen molar-refractivity contribution in [2.24, 2.45) is 10.8 Å². The first-order valence-electron chi connectivity index (χ1n) is 18.7. The number of carbonyl (C=O) groups excluding carboxylic acids is 2. The maximum Gasteiger partial charge on any atom is 0.360 e. The molecule has 304 valence electrons. The highest BCUT2D eigenvalue weighted by atomic mass is 16.6. The lowest BCUT2D eigenvalue weighted by Gasteiger charge is -2.36. The normalized spacial score (nSPS) is 25.5. The number of rotatable bonds is 8. The molecule has 2 N–H and O–H groups in total. The Morgan fingerprint density at radius 3 is 1.79 bits per heavy atom. The van der Waals surface area contributed by atoms with E-state index < -0.39 is 59.4 Å². The molecular weight excluding hydrogens is 716 g/mol. The van der Waals surface area contributed by atoms with Crippen LogP contribution < -0.4 is 0 Å². The number of aliphatic hydroxyl groups excluding tert-OH is 2. The van der Waals surface area contributed by atoms with E-state index in [1.807, 2.05) is 108 Å². The molecule has 2 aromatic rings. The fraction of sp³-hybridized carbons (Fsp3) is 0.455. The highest BCUT2D eigenvalue weighted by Gasteiger charge is 2.39. The number of aromatic nitrogens is 2. The molecule has 4 bridgehead atoms. The number of carbonyl (C=O) groups is 2. The first kappa shape index (κ1) is 45.5. The van der Waals surface area contributed by atoms with E-state index in [4.69, 9.17) is 27.8 Å². The van der Waals surface area contributed by atoms with Gasteiger partial charge < -0.3 is 38.0 Å². The maximum atomic E-state index is 13.4. The summed E-state index contributed by atoms with van der Waals surface area (Å²) in [4.78, 5) is 35.3. The molecule has 2 aromatic heterocycles. The molecule has 1 aliphatic rings. The molecule has 0 radical (unpaired) electrons. The zero-order valence-corrected chi connectivity index (χ0v) is 33.7. The Balaban J connectivity index is 1.93. The van der Waals surface area contributed by atoms with Gasteiger partial charge in [0.15, 0.2) is 23.2 Å². The van der Waals surface area contributed by atoms with Crippen molar-refractivity contribution >= 4 is 11.9 Å². The van der Waals surface area contributed by atoms with Crippen molar-refractivity contribution in [1.82, 2.24) is 9.97 Å². The van der Waals surface area contributed by atoms with E-state index in [0.29, 0.717) is 18.7 Å². The minimum atomic E-state index is -0.895. The van der Waals surface area contributed by atoms with Crippen molar-refractivity contribution in [1.29, 1.82) is 0 Å². The Kier molecular flexibility index (Phi) is 18.4. The van der Waals surface area contributed by atoms with Gasteiger partial charge in [-0.2, -0.15) is 0 Å². The summed E-state index contributed by atoms with van der Waals surface area (Å²) in [6.07, 6.45) is 28.4. The number of esters is 2. The summed E-state index contributed by atoms with van der Waals surface area (Å²) in [5, 5.41) is 21.8. The standard InChI is InChI=1S/C44H58N2O10/c1-9-20-35(47)43(3,4)37-25-17-13-11-12-15-23-32(52-8)28-40-46-34(30-54-40)42(50)56-38(44(5,6)36(48)21-10-2)26-19-24-31(51-7)22-16-14-18-27-39-45-33(29-53-39)41(49)55-37/h9-24,29-32,35-38,47-48H,25-28H2,1-8H3/b12-11-,17-13-,18-14-,20-9+,21-10+,22-16-,23-15?,24-19-. The van der Waals surface area contributed by atoms with Crippen LogP contribution in [0.2, 0.25) is 0 Å². The molecule has 3 rings (SSSR count). The number of oxazole rings is 2. The van der Waals surface area contributed by atoms with Crippen molar-refractivity contribution in [3.05, 3.63) is 133 Å². The number of ether oxygens (including phenoxy) is 4. The van der Waals surface area contributed by atoms with Gasteiger partial charge in [0.05, 0.1) is 30.8 Å². The van der Waals surface area contributed by atoms with Crippen LogP contribution in [-0.2, 0) is 31.8 Å². The summed E-state index contributed by atoms with van der Waals surface area (Å²) in [7, 11) is 3.14. The number of allylic oxidation sites excluding steroid dienone is 9. The van der Waals surface area contributed by atoms with Crippen molar-refractivity contribution in [3.8, 4) is 0 Å². The van der Waals surface area contributed by atoms with Gasteiger partial charge in [0, 0.05) is 44.3 Å². The second-order valence-corrected chi connectivity index (χ2v) is 14.4. The van der Waals surface area contributed by atoms with Gasteiger partial charge in [-0.1, -0.05) is 125 Å². The monoisotopic (exact) mass is 774 g/mol. The average Bonchev–Trinajstić information content (AvgIpc) is 3.85. The third-order valence-electron chi connectivity index (χ3n) is 9.57. The van der Waals surface area contributed by atoms with Crippen molar-refractivity contribution in [2.45, 2.75) is 104 Å². The van der Waals surface area contributed by atoms with Gasteiger partial charge in [-0.15, -0.1) is 0 Å². The molecule has 56 heavy (non-hydrogen) atoms. The van der Waals surface area contributed by atoms with Crippen LogP contribution in [0.3, 0.4) is 0 Å². The van der Waals surface area contributed by atoms with Crippen molar-refractivity contribution < 1.29 is 47.6 Å². The van der Waals surface area contributed by atoms with Gasteiger partial charge in [-0.05, 0) is 13.8 Å². The third-order valence-corrected chi connectivity index (χ3v) is 9.57. The molecule has 12 heteroatoms. The van der Waals surface area contributed by atoms with Gasteiger partial charge in [-0.25, -0.2) is 19.6 Å². The van der Waals surface area contributed by atoms with E-state index in [0.717, 1.165) is 0 Å². The van der Waals surface area contributed by atoms with Crippen LogP contribution in [0.15, 0.2) is 119 Å². The van der Waals surface area contributed by atoms with E-state index in [9.17, 15) is 19.8 Å². The SMILES string of the molecule is C/C=C/C(O)C(C)(C)C1C/C=C\C=C/C=CC(OC)Cc2nc(co2)C(=O)OC(C(C)(C)C(O)/C=C/C)C/C=C\C(OC)/C=C\C=C/Cc2nc(co2)C(=O)O1. The molecule has 3 heterocycles. The van der Waals surface area contributed by atoms with Crippen molar-refractivity contribution in [3.63, 3.8) is 0 Å². The second kappa shape index (κ2) is 22.6. The van der Waals surface area contributed by atoms with Crippen LogP contribution in [0, 0.1) is 10.8 Å². The zero-order chi connectivity index (χ0) is 41.1. The number of cyclic esters (lactones) is 2. The quantitative estimate of drug-likeness (QED) is 0.200. The van der Waals surface area contributed by atoms with E-state index >= 15 is 0 Å². The summed E-state index contributed by atoms with van der Waals surface area (Å²) in [5.41, 5.74) is -1.66. The van der Waals surface area contributed by atoms with Crippen LogP contribution in [-0.4, -0.2) is 83.0 Å². The van der Waals surface area contributed by atoms with E-state index in [1.54, 1.807) is 44.6 Å². The maximum absolute atomic E-state index is 13.4. The van der Waals surface area contributed by atoms with Gasteiger partial charge in [-0.3, -0.25) is 0 Å². The predicted molar refractivity (Wildman–Crippen MR) is 214 cm³/mol. The molecule has 0 saturated carbocycles. The minimum absolute atomic E-state index is 0.00434. The third kappa shape index (κ3) is 13.7. The van der Waals surface area contributed by atoms with Crippen LogP contribution in [0.1, 0.15) is 87.1 Å². The van der Waals surface area contributed by atoms with Crippen LogP contribution in [0.25, 0.3) is 0 Å². The summed E-state index contributed by atoms with van der Waals surface area (Å²) in [5.74, 6) is -0.721. The topological polar surface area (TPSA) is 164 Å². The van der Waals surface area contributed by atoms with Gasteiger partial charge in [0.25, 0.3) is 0 Å². The first-order chi connectivity index (χ1) is 26.8. The lowest BCUT2D eigenvalue weighted by atomic mass is 9.79. The van der Waals surface area contributed by atoms with E-state index in [-0.39, 0.29) is 30.1 Å². The molecule has 0 spiro atoms. The number of methoxy groups -OCH3 is 2. The van der Waals surface area contributed by atoms with Crippen LogP contribution in [0.4, 0.5) is 0 Å². The molecule has 0 amide bonds. The molecule has 0 aromatic carbocycles. The predicted octanol–water partition coefficient (Wildman–Crippen LogP) is 7.59. The van der Waals surface area contributed by atoms with E-state index in [2.05, 4.69) is 9.97 Å². The van der Waals surface area contributed by atoms with Crippen LogP contribution >= 0.6 is 0 Å². The molecule has 6 unspecified atom stereocenters. The smallest absolute Gasteiger partial charge is 0.360 e. The average molecular weight is 775 g/mol. The summed E-state index contributed by atoms with van der Waals surface area (Å²) in [6.45, 7) is 11.0. The number of hydrogen-bond donors (Lipinski definition) is 2. The molecule has 0 aliphatic carbocycles. The van der Waals surface area contributed by atoms with E-state index in [1.165, 1.54) is 12.5 Å². The lowest BCUT2D eigenvalue weighted by Crippen LogP contribution is -2.42. The lowest BCUT2D eigenvalue weighted by molar-refractivity contribution is -0.0462. The zero-order valence-electron chi connectivity index (χ0n) is 33.7. The summed E-state index contributed by atoms with van der Waals surface area (Å²) >= 11 is 0. The highest BCUT2D eigenvalue weighted by Crippen LogP contribution is 2.33.